The molecule has 0 amide bonds. The van der Waals surface area contributed by atoms with Gasteiger partial charge in [-0.25, -0.2) is 4.79 Å². The summed E-state index contributed by atoms with van der Waals surface area (Å²) in [4.78, 5) is 12.2. The minimum absolute atomic E-state index is 0.0410. The van der Waals surface area contributed by atoms with Gasteiger partial charge in [-0.3, -0.25) is 0 Å². The molecule has 1 aromatic carbocycles. The number of aromatic nitrogens is 4. The van der Waals surface area contributed by atoms with E-state index in [1.165, 1.54) is 12.3 Å². The molecule has 3 rings (SSSR count). The van der Waals surface area contributed by atoms with Crippen LogP contribution in [0.5, 0.6) is 0 Å². The first-order valence-electron chi connectivity index (χ1n) is 6.16. The molecule has 0 aliphatic rings. The van der Waals surface area contributed by atoms with E-state index in [0.717, 1.165) is 4.79 Å². The van der Waals surface area contributed by atoms with Gasteiger partial charge < -0.3 is 15.3 Å². The normalized spacial score (nSPS) is 11.1. The number of benzene rings is 1. The number of anilines is 1. The molecule has 0 radical (unpaired) electrons. The van der Waals surface area contributed by atoms with E-state index in [4.69, 9.17) is 10.2 Å². The molecule has 0 unspecified atom stereocenters. The van der Waals surface area contributed by atoms with E-state index in [2.05, 4.69) is 20.6 Å². The largest absolute Gasteiger partial charge is 0.478 e. The van der Waals surface area contributed by atoms with Crippen LogP contribution in [0.1, 0.15) is 16.1 Å². The van der Waals surface area contributed by atoms with Gasteiger partial charge in [0.2, 0.25) is 0 Å². The Balaban J connectivity index is 1.90. The summed E-state index contributed by atoms with van der Waals surface area (Å²) in [5.74, 6) is -0.155. The second-order valence-electron chi connectivity index (χ2n) is 4.22. The van der Waals surface area contributed by atoms with Gasteiger partial charge in [-0.2, -0.15) is 5.10 Å². The molecular weight excluding hydrogens is 288 g/mol. The number of carboxylic acid groups (broad SMARTS) is 1. The molecule has 0 saturated heterocycles. The van der Waals surface area contributed by atoms with E-state index in [1.807, 2.05) is 0 Å². The van der Waals surface area contributed by atoms with Crippen LogP contribution in [-0.4, -0.2) is 37.6 Å². The third kappa shape index (κ3) is 2.54. The lowest BCUT2D eigenvalue weighted by molar-refractivity contribution is 0.0697. The average Bonchev–Trinajstić information content (AvgIpc) is 3.14. The maximum atomic E-state index is 11.2. The van der Waals surface area contributed by atoms with Crippen LogP contribution in [0.3, 0.4) is 0 Å². The molecule has 110 valence electrons. The minimum atomic E-state index is -1.02. The molecule has 0 bridgehead atoms. The maximum Gasteiger partial charge on any atom is 0.336 e. The van der Waals surface area contributed by atoms with Crippen molar-refractivity contribution < 1.29 is 14.3 Å². The maximum absolute atomic E-state index is 11.2. The summed E-state index contributed by atoms with van der Waals surface area (Å²) < 4.78 is 5.56. The first-order chi connectivity index (χ1) is 10.6. The number of rotatable bonds is 4. The van der Waals surface area contributed by atoms with E-state index in [-0.39, 0.29) is 11.5 Å². The number of nitrogens with two attached hydrogens (primary N) is 1. The van der Waals surface area contributed by atoms with Crippen LogP contribution in [0, 0.1) is 0 Å². The summed E-state index contributed by atoms with van der Waals surface area (Å²) in [6.07, 6.45) is 1.37. The van der Waals surface area contributed by atoms with Crippen molar-refractivity contribution in [3.05, 3.63) is 47.7 Å². The van der Waals surface area contributed by atoms with Gasteiger partial charge in [-0.05, 0) is 28.6 Å². The minimum Gasteiger partial charge on any atom is -0.478 e. The second kappa shape index (κ2) is 5.48. The van der Waals surface area contributed by atoms with Crippen LogP contribution in [0.25, 0.3) is 11.3 Å². The van der Waals surface area contributed by atoms with Crippen molar-refractivity contribution in [1.29, 1.82) is 0 Å². The Kier molecular flexibility index (Phi) is 3.36. The zero-order valence-corrected chi connectivity index (χ0v) is 11.1. The van der Waals surface area contributed by atoms with Crippen LogP contribution < -0.4 is 5.73 Å². The van der Waals surface area contributed by atoms with E-state index < -0.39 is 5.97 Å². The number of hydrogen-bond donors (Lipinski definition) is 2. The van der Waals surface area contributed by atoms with Crippen molar-refractivity contribution >= 4 is 18.1 Å². The number of furan rings is 1. The lowest BCUT2D eigenvalue weighted by Crippen LogP contribution is -1.99. The highest BCUT2D eigenvalue weighted by Crippen LogP contribution is 2.25. The highest BCUT2D eigenvalue weighted by molar-refractivity contribution is 5.95. The Bertz CT molecular complexity index is 851. The van der Waals surface area contributed by atoms with Gasteiger partial charge in [0.05, 0.1) is 11.8 Å². The zero-order valence-electron chi connectivity index (χ0n) is 11.1. The first-order valence-corrected chi connectivity index (χ1v) is 6.16. The Morgan fingerprint density at radius 2 is 2.14 bits per heavy atom. The predicted octanol–water partition coefficient (Wildman–Crippen LogP) is 1.10. The van der Waals surface area contributed by atoms with Crippen molar-refractivity contribution in [1.82, 2.24) is 20.3 Å². The number of tetrazole rings is 1. The van der Waals surface area contributed by atoms with E-state index >= 15 is 0 Å². The Hall–Kier alpha value is -3.49. The molecule has 22 heavy (non-hydrogen) atoms. The number of aromatic carboxylic acids is 1. The van der Waals surface area contributed by atoms with E-state index in [0.29, 0.717) is 17.1 Å². The van der Waals surface area contributed by atoms with E-state index in [1.54, 1.807) is 30.3 Å². The molecule has 3 aromatic rings. The average molecular weight is 298 g/mol. The van der Waals surface area contributed by atoms with Crippen molar-refractivity contribution in [2.45, 2.75) is 0 Å². The summed E-state index contributed by atoms with van der Waals surface area (Å²) in [6.45, 7) is 0. The molecule has 9 nitrogen and oxygen atoms in total. The first kappa shape index (κ1) is 13.5. The molecule has 9 heteroatoms. The molecule has 0 atom stereocenters. The third-order valence-corrected chi connectivity index (χ3v) is 2.82. The molecule has 0 aliphatic carbocycles. The van der Waals surface area contributed by atoms with Crippen LogP contribution in [-0.2, 0) is 0 Å². The predicted molar refractivity (Wildman–Crippen MR) is 76.3 cm³/mol. The van der Waals surface area contributed by atoms with Crippen molar-refractivity contribution in [2.75, 3.05) is 5.73 Å². The van der Waals surface area contributed by atoms with Gasteiger partial charge in [-0.1, -0.05) is 28.1 Å². The smallest absolute Gasteiger partial charge is 0.336 e. The standard InChI is InChI=1S/C13H10N6O3/c14-13-16-17-18-19(13)15-7-8-5-6-11(22-8)9-3-1-2-4-10(9)12(20)21/h1-7H,(H,20,21)(H2,14,16,18)/b15-7+. The fraction of sp³-hybridized carbons (Fsp3) is 0. The molecule has 3 N–H and O–H groups in total. The monoisotopic (exact) mass is 298 g/mol. The van der Waals surface area contributed by atoms with Crippen molar-refractivity contribution in [3.8, 4) is 11.3 Å². The summed E-state index contributed by atoms with van der Waals surface area (Å²) in [7, 11) is 0. The van der Waals surface area contributed by atoms with E-state index in [9.17, 15) is 9.90 Å². The lowest BCUT2D eigenvalue weighted by Gasteiger charge is -2.01. The van der Waals surface area contributed by atoms with Crippen molar-refractivity contribution in [3.63, 3.8) is 0 Å². The second-order valence-corrected chi connectivity index (χ2v) is 4.22. The van der Waals surface area contributed by atoms with Crippen LogP contribution in [0.2, 0.25) is 0 Å². The summed E-state index contributed by atoms with van der Waals surface area (Å²) in [5, 5.41) is 23.5. The highest BCUT2D eigenvalue weighted by Gasteiger charge is 2.13. The zero-order chi connectivity index (χ0) is 15.5. The molecular formula is C13H10N6O3. The summed E-state index contributed by atoms with van der Waals surface area (Å²) in [5.41, 5.74) is 6.11. The summed E-state index contributed by atoms with van der Waals surface area (Å²) in [6, 6.07) is 9.88. The Morgan fingerprint density at radius 1 is 1.32 bits per heavy atom. The van der Waals surface area contributed by atoms with Gasteiger partial charge in [0, 0.05) is 5.56 Å². The van der Waals surface area contributed by atoms with Gasteiger partial charge in [0.25, 0.3) is 5.95 Å². The number of nitrogen functional groups attached to an aromatic ring is 1. The highest BCUT2D eigenvalue weighted by atomic mass is 16.4. The van der Waals surface area contributed by atoms with Crippen molar-refractivity contribution in [2.24, 2.45) is 5.10 Å². The van der Waals surface area contributed by atoms with Crippen LogP contribution in [0.15, 0.2) is 45.9 Å². The number of nitrogens with zero attached hydrogens (tertiary/aromatic N) is 5. The fourth-order valence-corrected chi connectivity index (χ4v) is 1.83. The van der Waals surface area contributed by atoms with Gasteiger partial charge >= 0.3 is 5.97 Å². The number of carboxylic acids is 1. The van der Waals surface area contributed by atoms with Gasteiger partial charge in [0.1, 0.15) is 11.5 Å². The van der Waals surface area contributed by atoms with Gasteiger partial charge in [-0.15, -0.1) is 0 Å². The van der Waals surface area contributed by atoms with Crippen LogP contribution in [0.4, 0.5) is 5.95 Å². The molecule has 2 aromatic heterocycles. The SMILES string of the molecule is Nc1nnnn1/N=C/c1ccc(-c2ccccc2C(=O)O)o1. The molecule has 2 heterocycles. The quantitative estimate of drug-likeness (QED) is 0.689. The Labute approximate surface area is 123 Å². The molecule has 0 spiro atoms. The number of carbonyl (C=O) groups is 1. The van der Waals surface area contributed by atoms with Crippen LogP contribution >= 0.6 is 0 Å². The fourth-order valence-electron chi connectivity index (χ4n) is 1.83. The molecule has 0 saturated carbocycles. The van der Waals surface area contributed by atoms with Gasteiger partial charge in [0.15, 0.2) is 0 Å². The third-order valence-electron chi connectivity index (χ3n) is 2.82. The molecule has 0 aliphatic heterocycles. The number of hydrogen-bond acceptors (Lipinski definition) is 7. The Morgan fingerprint density at radius 3 is 2.86 bits per heavy atom. The molecule has 0 fully saturated rings. The summed E-state index contributed by atoms with van der Waals surface area (Å²) >= 11 is 0. The lowest BCUT2D eigenvalue weighted by atomic mass is 10.1. The topological polar surface area (TPSA) is 132 Å².